The van der Waals surface area contributed by atoms with Crippen molar-refractivity contribution in [1.29, 1.82) is 0 Å². The van der Waals surface area contributed by atoms with Gasteiger partial charge in [-0.3, -0.25) is 14.4 Å². The van der Waals surface area contributed by atoms with Gasteiger partial charge in [-0.05, 0) is 25.5 Å². The SMILES string of the molecule is CNC(=O)[C@H](CC(N)=O)NC(=O)CCc1ccc(C)s1. The number of thiophene rings is 1. The van der Waals surface area contributed by atoms with Crippen LogP contribution in [0.5, 0.6) is 0 Å². The molecule has 0 spiro atoms. The van der Waals surface area contributed by atoms with Gasteiger partial charge in [0.1, 0.15) is 6.04 Å². The summed E-state index contributed by atoms with van der Waals surface area (Å²) in [6.45, 7) is 2.00. The monoisotopic (exact) mass is 297 g/mol. The van der Waals surface area contributed by atoms with Gasteiger partial charge >= 0.3 is 0 Å². The minimum Gasteiger partial charge on any atom is -0.370 e. The van der Waals surface area contributed by atoms with Crippen LogP contribution in [0.3, 0.4) is 0 Å². The summed E-state index contributed by atoms with van der Waals surface area (Å²) < 4.78 is 0. The van der Waals surface area contributed by atoms with Crippen LogP contribution in [0.15, 0.2) is 12.1 Å². The zero-order chi connectivity index (χ0) is 15.1. The summed E-state index contributed by atoms with van der Waals surface area (Å²) in [7, 11) is 1.44. The third-order valence-corrected chi connectivity index (χ3v) is 3.76. The van der Waals surface area contributed by atoms with Crippen molar-refractivity contribution in [2.45, 2.75) is 32.2 Å². The predicted octanol–water partition coefficient (Wildman–Crippen LogP) is 0.0953. The van der Waals surface area contributed by atoms with Gasteiger partial charge in [0, 0.05) is 23.2 Å². The molecular weight excluding hydrogens is 278 g/mol. The van der Waals surface area contributed by atoms with Crippen molar-refractivity contribution in [3.8, 4) is 0 Å². The number of nitrogens with one attached hydrogen (secondary N) is 2. The van der Waals surface area contributed by atoms with Gasteiger partial charge in [-0.2, -0.15) is 0 Å². The van der Waals surface area contributed by atoms with E-state index in [0.717, 1.165) is 4.88 Å². The Hall–Kier alpha value is -1.89. The number of primary amides is 1. The van der Waals surface area contributed by atoms with Gasteiger partial charge < -0.3 is 16.4 Å². The summed E-state index contributed by atoms with van der Waals surface area (Å²) >= 11 is 1.64. The van der Waals surface area contributed by atoms with E-state index in [2.05, 4.69) is 10.6 Å². The van der Waals surface area contributed by atoms with E-state index in [4.69, 9.17) is 5.73 Å². The Morgan fingerprint density at radius 1 is 1.35 bits per heavy atom. The standard InChI is InChI=1S/C13H19N3O3S/c1-8-3-4-9(20-8)5-6-12(18)16-10(7-11(14)17)13(19)15-2/h3-4,10H,5-7H2,1-2H3,(H2,14,17)(H,15,19)(H,16,18)/t10-/m0/s1. The van der Waals surface area contributed by atoms with E-state index in [-0.39, 0.29) is 18.7 Å². The molecule has 6 nitrogen and oxygen atoms in total. The Labute approximate surface area is 121 Å². The van der Waals surface area contributed by atoms with Gasteiger partial charge in [-0.25, -0.2) is 0 Å². The molecule has 4 N–H and O–H groups in total. The highest BCUT2D eigenvalue weighted by Gasteiger charge is 2.21. The lowest BCUT2D eigenvalue weighted by atomic mass is 10.1. The summed E-state index contributed by atoms with van der Waals surface area (Å²) in [5, 5.41) is 4.92. The van der Waals surface area contributed by atoms with Crippen LogP contribution < -0.4 is 16.4 Å². The Kier molecular flexibility index (Phi) is 6.17. The van der Waals surface area contributed by atoms with Crippen molar-refractivity contribution >= 4 is 29.1 Å². The molecule has 0 aliphatic rings. The van der Waals surface area contributed by atoms with E-state index < -0.39 is 17.9 Å². The largest absolute Gasteiger partial charge is 0.370 e. The summed E-state index contributed by atoms with van der Waals surface area (Å²) in [4.78, 5) is 36.5. The third-order valence-electron chi connectivity index (χ3n) is 2.70. The second-order valence-corrected chi connectivity index (χ2v) is 5.79. The smallest absolute Gasteiger partial charge is 0.242 e. The normalized spacial score (nSPS) is 11.7. The van der Waals surface area contributed by atoms with E-state index in [1.165, 1.54) is 11.9 Å². The van der Waals surface area contributed by atoms with Gasteiger partial charge in [0.15, 0.2) is 0 Å². The Bertz CT molecular complexity index is 499. The molecule has 1 heterocycles. The van der Waals surface area contributed by atoms with Gasteiger partial charge in [0.05, 0.1) is 6.42 Å². The molecule has 110 valence electrons. The molecule has 7 heteroatoms. The fourth-order valence-electron chi connectivity index (χ4n) is 1.71. The van der Waals surface area contributed by atoms with Gasteiger partial charge in [0.2, 0.25) is 17.7 Å². The number of carbonyl (C=O) groups excluding carboxylic acids is 3. The number of aryl methyl sites for hydroxylation is 2. The lowest BCUT2D eigenvalue weighted by Crippen LogP contribution is -2.47. The Morgan fingerprint density at radius 2 is 2.05 bits per heavy atom. The molecule has 0 radical (unpaired) electrons. The highest BCUT2D eigenvalue weighted by molar-refractivity contribution is 7.11. The van der Waals surface area contributed by atoms with E-state index in [1.54, 1.807) is 11.3 Å². The van der Waals surface area contributed by atoms with Crippen LogP contribution in [0.4, 0.5) is 0 Å². The maximum absolute atomic E-state index is 11.8. The van der Waals surface area contributed by atoms with Crippen molar-refractivity contribution in [3.63, 3.8) is 0 Å². The number of hydrogen-bond donors (Lipinski definition) is 3. The van der Waals surface area contributed by atoms with Gasteiger partial charge in [-0.15, -0.1) is 11.3 Å². The zero-order valence-electron chi connectivity index (χ0n) is 11.6. The van der Waals surface area contributed by atoms with Crippen LogP contribution in [0, 0.1) is 6.92 Å². The van der Waals surface area contributed by atoms with Crippen molar-refractivity contribution in [2.24, 2.45) is 5.73 Å². The van der Waals surface area contributed by atoms with Crippen LogP contribution in [0.1, 0.15) is 22.6 Å². The molecule has 0 aliphatic carbocycles. The first-order valence-electron chi connectivity index (χ1n) is 6.27. The van der Waals surface area contributed by atoms with Crippen LogP contribution in [-0.4, -0.2) is 30.8 Å². The molecule has 1 aromatic heterocycles. The first-order chi connectivity index (χ1) is 9.42. The summed E-state index contributed by atoms with van der Waals surface area (Å²) in [5.41, 5.74) is 5.06. The molecule has 0 saturated heterocycles. The van der Waals surface area contributed by atoms with Crippen LogP contribution in [0.2, 0.25) is 0 Å². The van der Waals surface area contributed by atoms with Crippen LogP contribution >= 0.6 is 11.3 Å². The molecule has 0 fully saturated rings. The second kappa shape index (κ2) is 7.64. The number of nitrogens with two attached hydrogens (primary N) is 1. The molecule has 3 amide bonds. The second-order valence-electron chi connectivity index (χ2n) is 4.42. The summed E-state index contributed by atoms with van der Waals surface area (Å²) in [6.07, 6.45) is 0.678. The lowest BCUT2D eigenvalue weighted by Gasteiger charge is -2.15. The Balaban J connectivity index is 2.48. The minimum atomic E-state index is -0.907. The van der Waals surface area contributed by atoms with E-state index in [1.807, 2.05) is 19.1 Å². The maximum atomic E-state index is 11.8. The highest BCUT2D eigenvalue weighted by atomic mass is 32.1. The molecule has 0 aliphatic heterocycles. The van der Waals surface area contributed by atoms with Gasteiger partial charge in [-0.1, -0.05) is 0 Å². The number of amides is 3. The molecule has 1 aromatic rings. The molecule has 20 heavy (non-hydrogen) atoms. The van der Waals surface area contributed by atoms with Crippen molar-refractivity contribution in [1.82, 2.24) is 10.6 Å². The van der Waals surface area contributed by atoms with E-state index >= 15 is 0 Å². The molecule has 0 bridgehead atoms. The van der Waals surface area contributed by atoms with Crippen molar-refractivity contribution in [3.05, 3.63) is 21.9 Å². The van der Waals surface area contributed by atoms with E-state index in [0.29, 0.717) is 6.42 Å². The molecule has 1 atom stereocenters. The van der Waals surface area contributed by atoms with Gasteiger partial charge in [0.25, 0.3) is 0 Å². The molecule has 0 saturated carbocycles. The Morgan fingerprint density at radius 3 is 2.55 bits per heavy atom. The van der Waals surface area contributed by atoms with E-state index in [9.17, 15) is 14.4 Å². The lowest BCUT2D eigenvalue weighted by molar-refractivity contribution is -0.130. The third kappa shape index (κ3) is 5.40. The molecular formula is C13H19N3O3S. The topological polar surface area (TPSA) is 101 Å². The maximum Gasteiger partial charge on any atom is 0.242 e. The minimum absolute atomic E-state index is 0.205. The average molecular weight is 297 g/mol. The number of rotatable bonds is 7. The first kappa shape index (κ1) is 16.2. The van der Waals surface area contributed by atoms with Crippen molar-refractivity contribution in [2.75, 3.05) is 7.05 Å². The number of carbonyl (C=O) groups is 3. The van der Waals surface area contributed by atoms with Crippen LogP contribution in [0.25, 0.3) is 0 Å². The first-order valence-corrected chi connectivity index (χ1v) is 7.08. The fraction of sp³-hybridized carbons (Fsp3) is 0.462. The number of likely N-dealkylation sites (N-methyl/N-ethyl adjacent to an activating group) is 1. The highest BCUT2D eigenvalue weighted by Crippen LogP contribution is 2.16. The number of hydrogen-bond acceptors (Lipinski definition) is 4. The zero-order valence-corrected chi connectivity index (χ0v) is 12.4. The fourth-order valence-corrected chi connectivity index (χ4v) is 2.60. The van der Waals surface area contributed by atoms with Crippen molar-refractivity contribution < 1.29 is 14.4 Å². The average Bonchev–Trinajstić information content (AvgIpc) is 2.80. The predicted molar refractivity (Wildman–Crippen MR) is 77.2 cm³/mol. The quantitative estimate of drug-likeness (QED) is 0.665. The van der Waals surface area contributed by atoms with Crippen LogP contribution in [-0.2, 0) is 20.8 Å². The molecule has 0 unspecified atom stereocenters. The molecule has 0 aromatic carbocycles. The summed E-state index contributed by atoms with van der Waals surface area (Å²) in [6, 6.07) is 3.07. The summed E-state index contributed by atoms with van der Waals surface area (Å²) in [5.74, 6) is -1.33. The molecule has 1 rings (SSSR count).